The summed E-state index contributed by atoms with van der Waals surface area (Å²) in [5.41, 5.74) is 0.138. The summed E-state index contributed by atoms with van der Waals surface area (Å²) in [5.74, 6) is -7.10. The van der Waals surface area contributed by atoms with Gasteiger partial charge in [-0.05, 0) is 6.42 Å². The van der Waals surface area contributed by atoms with E-state index in [4.69, 9.17) is 10.5 Å². The number of anilines is 1. The highest BCUT2D eigenvalue weighted by Gasteiger charge is 2.30. The number of nitrogens with one attached hydrogen (secondary N) is 1. The largest absolute Gasteiger partial charge is 0.493 e. The van der Waals surface area contributed by atoms with Gasteiger partial charge in [-0.3, -0.25) is 4.79 Å². The van der Waals surface area contributed by atoms with E-state index in [0.717, 1.165) is 18.6 Å². The lowest BCUT2D eigenvalue weighted by molar-refractivity contribution is 0.0695. The molecule has 0 amide bonds. The number of hydrogen-bond acceptors (Lipinski definition) is 5. The fourth-order valence-corrected chi connectivity index (χ4v) is 2.50. The maximum atomic E-state index is 14.6. The number of carboxylic acid groups (broad SMARTS) is 2. The maximum Gasteiger partial charge on any atom is 0.342 e. The second-order valence-electron chi connectivity index (χ2n) is 5.57. The molecule has 0 aliphatic rings. The van der Waals surface area contributed by atoms with Crippen molar-refractivity contribution < 1.29 is 33.3 Å². The second kappa shape index (κ2) is 7.85. The normalized spacial score (nSPS) is 10.6. The van der Waals surface area contributed by atoms with Gasteiger partial charge in [0.1, 0.15) is 34.3 Å². The molecule has 27 heavy (non-hydrogen) atoms. The first-order valence-electron chi connectivity index (χ1n) is 7.83. The summed E-state index contributed by atoms with van der Waals surface area (Å²) < 4.78 is 34.4. The number of benzene rings is 1. The third-order valence-electron chi connectivity index (χ3n) is 3.70. The van der Waals surface area contributed by atoms with Gasteiger partial charge in [0, 0.05) is 17.7 Å². The Morgan fingerprint density at radius 1 is 1.11 bits per heavy atom. The Balaban J connectivity index is 2.79. The third-order valence-corrected chi connectivity index (χ3v) is 3.70. The molecule has 144 valence electrons. The van der Waals surface area contributed by atoms with E-state index >= 15 is 0 Å². The zero-order valence-electron chi connectivity index (χ0n) is 14.1. The fourth-order valence-electron chi connectivity index (χ4n) is 2.50. The molecule has 0 unspecified atom stereocenters. The summed E-state index contributed by atoms with van der Waals surface area (Å²) in [4.78, 5) is 36.7. The zero-order valence-corrected chi connectivity index (χ0v) is 14.1. The minimum atomic E-state index is -1.86. The number of aromatic nitrogens is 1. The minimum Gasteiger partial charge on any atom is -0.493 e. The summed E-state index contributed by atoms with van der Waals surface area (Å²) in [6.45, 7) is 2.10. The molecule has 0 atom stereocenters. The van der Waals surface area contributed by atoms with Crippen LogP contribution >= 0.6 is 0 Å². The molecular weight excluding hydrogens is 366 g/mol. The number of rotatable bonds is 7. The number of ether oxygens (including phenoxy) is 1. The lowest BCUT2D eigenvalue weighted by atomic mass is 9.94. The molecule has 5 N–H and O–H groups in total. The smallest absolute Gasteiger partial charge is 0.342 e. The first kappa shape index (κ1) is 19.9. The van der Waals surface area contributed by atoms with Crippen LogP contribution in [-0.4, -0.2) is 33.7 Å². The Kier molecular flexibility index (Phi) is 5.78. The van der Waals surface area contributed by atoms with Crippen LogP contribution in [0.15, 0.2) is 16.9 Å². The fraction of sp³-hybridized carbons (Fsp3) is 0.235. The van der Waals surface area contributed by atoms with Crippen LogP contribution in [0.3, 0.4) is 0 Å². The van der Waals surface area contributed by atoms with E-state index in [2.05, 4.69) is 0 Å². The molecule has 1 aromatic heterocycles. The molecule has 0 aliphatic carbocycles. The van der Waals surface area contributed by atoms with Gasteiger partial charge < -0.3 is 25.7 Å². The summed E-state index contributed by atoms with van der Waals surface area (Å²) in [6.07, 6.45) is 1.43. The minimum absolute atomic E-state index is 0.159. The molecule has 0 spiro atoms. The lowest BCUT2D eigenvalue weighted by Crippen LogP contribution is -2.24. The van der Waals surface area contributed by atoms with Crippen molar-refractivity contribution in [1.82, 2.24) is 4.98 Å². The van der Waals surface area contributed by atoms with Gasteiger partial charge in [0.05, 0.1) is 12.2 Å². The number of carboxylic acids is 2. The maximum absolute atomic E-state index is 14.6. The Morgan fingerprint density at radius 3 is 2.15 bits per heavy atom. The van der Waals surface area contributed by atoms with Crippen LogP contribution in [0.2, 0.25) is 0 Å². The average molecular weight is 382 g/mol. The molecule has 8 nitrogen and oxygen atoms in total. The van der Waals surface area contributed by atoms with Crippen molar-refractivity contribution >= 4 is 17.8 Å². The van der Waals surface area contributed by atoms with Gasteiger partial charge in [-0.25, -0.2) is 18.4 Å². The Bertz CT molecular complexity index is 948. The van der Waals surface area contributed by atoms with Gasteiger partial charge in [0.25, 0.3) is 5.56 Å². The molecule has 0 aliphatic heterocycles. The number of aromatic amines is 1. The molecule has 0 saturated heterocycles. The molecular formula is C17H16F2N2O6. The molecule has 10 heteroatoms. The zero-order chi connectivity index (χ0) is 20.3. The number of hydrogen-bond donors (Lipinski definition) is 4. The monoisotopic (exact) mass is 382 g/mol. The van der Waals surface area contributed by atoms with Crippen LogP contribution in [0.4, 0.5) is 14.6 Å². The van der Waals surface area contributed by atoms with E-state index in [0.29, 0.717) is 6.42 Å². The topological polar surface area (TPSA) is 143 Å². The van der Waals surface area contributed by atoms with Gasteiger partial charge in [-0.1, -0.05) is 13.3 Å². The van der Waals surface area contributed by atoms with Crippen LogP contribution < -0.4 is 16.0 Å². The van der Waals surface area contributed by atoms with Gasteiger partial charge in [-0.2, -0.15) is 0 Å². The van der Waals surface area contributed by atoms with Crippen LogP contribution in [0.25, 0.3) is 11.1 Å². The lowest BCUT2D eigenvalue weighted by Gasteiger charge is -2.14. The van der Waals surface area contributed by atoms with Crippen molar-refractivity contribution in [2.24, 2.45) is 0 Å². The predicted molar refractivity (Wildman–Crippen MR) is 91.1 cm³/mol. The number of H-pyrrole nitrogens is 1. The van der Waals surface area contributed by atoms with E-state index in [1.54, 1.807) is 0 Å². The summed E-state index contributed by atoms with van der Waals surface area (Å²) in [6, 6.07) is 1.56. The highest BCUT2D eigenvalue weighted by atomic mass is 19.1. The highest BCUT2D eigenvalue weighted by molar-refractivity contribution is 6.07. The molecule has 0 saturated carbocycles. The van der Waals surface area contributed by atoms with E-state index in [1.165, 1.54) is 0 Å². The van der Waals surface area contributed by atoms with E-state index in [1.807, 2.05) is 11.9 Å². The standard InChI is InChI=1S/C17H16F2N2O6/c1-2-3-4-27-7-5-8(18)10(9(19)6-7)11-12(16(23)24)14(20)21-15(22)13(11)17(25)26/h5-6H,2-4H2,1H3,(H,23,24)(H,25,26)(H3,20,21,22). The molecule has 0 bridgehead atoms. The number of halogens is 2. The van der Waals surface area contributed by atoms with Crippen LogP contribution in [-0.2, 0) is 0 Å². The van der Waals surface area contributed by atoms with Crippen LogP contribution in [0.5, 0.6) is 5.75 Å². The summed E-state index contributed by atoms with van der Waals surface area (Å²) in [5, 5.41) is 18.6. The molecule has 1 aromatic carbocycles. The van der Waals surface area contributed by atoms with Crippen molar-refractivity contribution in [2.45, 2.75) is 19.8 Å². The molecule has 2 aromatic rings. The van der Waals surface area contributed by atoms with Gasteiger partial charge in [0.15, 0.2) is 0 Å². The van der Waals surface area contributed by atoms with Crippen molar-refractivity contribution in [3.05, 3.63) is 45.2 Å². The van der Waals surface area contributed by atoms with E-state index < -0.39 is 57.2 Å². The van der Waals surface area contributed by atoms with Crippen molar-refractivity contribution in [2.75, 3.05) is 12.3 Å². The number of unbranched alkanes of at least 4 members (excludes halogenated alkanes) is 1. The first-order valence-corrected chi connectivity index (χ1v) is 7.83. The first-order chi connectivity index (χ1) is 12.7. The van der Waals surface area contributed by atoms with Crippen molar-refractivity contribution in [3.63, 3.8) is 0 Å². The summed E-state index contributed by atoms with van der Waals surface area (Å²) in [7, 11) is 0. The Hall–Kier alpha value is -3.43. The van der Waals surface area contributed by atoms with Crippen molar-refractivity contribution in [1.29, 1.82) is 0 Å². The Labute approximate surface area is 151 Å². The Morgan fingerprint density at radius 2 is 1.67 bits per heavy atom. The number of carbonyl (C=O) groups is 2. The second-order valence-corrected chi connectivity index (χ2v) is 5.57. The highest BCUT2D eigenvalue weighted by Crippen LogP contribution is 2.35. The van der Waals surface area contributed by atoms with Crippen LogP contribution in [0.1, 0.15) is 40.5 Å². The van der Waals surface area contributed by atoms with Gasteiger partial charge >= 0.3 is 11.9 Å². The quantitative estimate of drug-likeness (QED) is 0.539. The molecule has 1 heterocycles. The number of pyridine rings is 1. The number of nitrogen functional groups attached to an aromatic ring is 1. The predicted octanol–water partition coefficient (Wildman–Crippen LogP) is 2.48. The van der Waals surface area contributed by atoms with Gasteiger partial charge in [0.2, 0.25) is 0 Å². The van der Waals surface area contributed by atoms with E-state index in [9.17, 15) is 33.4 Å². The van der Waals surface area contributed by atoms with Gasteiger partial charge in [-0.15, -0.1) is 0 Å². The third kappa shape index (κ3) is 3.89. The molecule has 0 radical (unpaired) electrons. The van der Waals surface area contributed by atoms with Crippen molar-refractivity contribution in [3.8, 4) is 16.9 Å². The number of aromatic carboxylic acids is 2. The molecule has 2 rings (SSSR count). The number of nitrogens with two attached hydrogens (primary N) is 1. The average Bonchev–Trinajstić information content (AvgIpc) is 2.53. The SMILES string of the molecule is CCCCOc1cc(F)c(-c2c(C(=O)O)c(N)[nH]c(=O)c2C(=O)O)c(F)c1. The van der Waals surface area contributed by atoms with E-state index in [-0.39, 0.29) is 12.4 Å². The van der Waals surface area contributed by atoms with Crippen LogP contribution in [0, 0.1) is 11.6 Å². The summed E-state index contributed by atoms with van der Waals surface area (Å²) >= 11 is 0. The molecule has 0 fully saturated rings.